The molecule has 1 heterocycles. The first-order chi connectivity index (χ1) is 8.88. The second-order valence-electron chi connectivity index (χ2n) is 3.67. The number of benzene rings is 1. The Hall–Kier alpha value is -0.930. The zero-order valence-corrected chi connectivity index (χ0v) is 14.4. The first kappa shape index (κ1) is 17.1. The van der Waals surface area contributed by atoms with E-state index in [4.69, 9.17) is 0 Å². The van der Waals surface area contributed by atoms with E-state index in [0.29, 0.717) is 0 Å². The molecule has 9 heteroatoms. The van der Waals surface area contributed by atoms with Crippen molar-refractivity contribution in [3.05, 3.63) is 41.3 Å². The summed E-state index contributed by atoms with van der Waals surface area (Å²) in [6.45, 7) is 0. The average molecular weight is 320 g/mol. The minimum absolute atomic E-state index is 0. The van der Waals surface area contributed by atoms with E-state index in [9.17, 15) is 18.3 Å². The standard InChI is InChI=1S/C11H10N2O4S2.Na/c1-19(16,17)9-6-12-11(18-9)13-10(15)7-4-2-3-5-8(7)14;/h2-6H,1H3,(H2,12,13,14,15);/q;+1/p-1. The Balaban J connectivity index is 0.00000200. The number of nitrogens with zero attached hydrogens (tertiary/aromatic N) is 2. The minimum Gasteiger partial charge on any atom is -0.507 e. The summed E-state index contributed by atoms with van der Waals surface area (Å²) < 4.78 is 22.6. The molecule has 0 atom stereocenters. The molecule has 0 aliphatic heterocycles. The molecule has 1 aromatic heterocycles. The Bertz CT molecular complexity index is 728. The molecule has 0 bridgehead atoms. The maximum Gasteiger partial charge on any atom is 1.00 e. The SMILES string of the molecule is CS(=O)(=O)c1cnc([N-]C(=O)c2ccccc2O)s1.[Na+]. The van der Waals surface area contributed by atoms with Crippen LogP contribution in [0.2, 0.25) is 0 Å². The van der Waals surface area contributed by atoms with E-state index in [1.807, 2.05) is 0 Å². The molecular weight excluding hydrogens is 311 g/mol. The number of carbonyl (C=O) groups is 1. The van der Waals surface area contributed by atoms with Gasteiger partial charge >= 0.3 is 29.6 Å². The second-order valence-corrected chi connectivity index (χ2v) is 6.92. The van der Waals surface area contributed by atoms with Crippen LogP contribution in [0.5, 0.6) is 5.75 Å². The predicted octanol–water partition coefficient (Wildman–Crippen LogP) is -0.898. The quantitative estimate of drug-likeness (QED) is 0.739. The minimum atomic E-state index is -3.36. The average Bonchev–Trinajstić information content (AvgIpc) is 2.77. The van der Waals surface area contributed by atoms with Gasteiger partial charge in [-0.3, -0.25) is 4.79 Å². The topological polar surface area (TPSA) is 98.4 Å². The molecule has 0 spiro atoms. The summed E-state index contributed by atoms with van der Waals surface area (Å²) in [6, 6.07) is 5.96. The van der Waals surface area contributed by atoms with E-state index in [0.717, 1.165) is 23.8 Å². The molecule has 0 radical (unpaired) electrons. The third-order valence-electron chi connectivity index (χ3n) is 2.17. The van der Waals surface area contributed by atoms with E-state index in [-0.39, 0.29) is 50.2 Å². The van der Waals surface area contributed by atoms with Crippen molar-refractivity contribution in [1.82, 2.24) is 4.98 Å². The predicted molar refractivity (Wildman–Crippen MR) is 70.7 cm³/mol. The van der Waals surface area contributed by atoms with Crippen LogP contribution in [-0.4, -0.2) is 30.7 Å². The zero-order chi connectivity index (χ0) is 14.0. The number of aromatic hydroxyl groups is 1. The summed E-state index contributed by atoms with van der Waals surface area (Å²) in [5.74, 6) is -0.858. The van der Waals surface area contributed by atoms with Crippen LogP contribution in [0.3, 0.4) is 0 Å². The fourth-order valence-electron chi connectivity index (χ4n) is 1.28. The Labute approximate surface area is 142 Å². The van der Waals surface area contributed by atoms with Crippen molar-refractivity contribution in [3.8, 4) is 5.75 Å². The van der Waals surface area contributed by atoms with Gasteiger partial charge in [-0.1, -0.05) is 12.1 Å². The number of sulfone groups is 1. The third kappa shape index (κ3) is 4.03. The van der Waals surface area contributed by atoms with Crippen LogP contribution in [0.1, 0.15) is 10.4 Å². The van der Waals surface area contributed by atoms with Crippen molar-refractivity contribution in [3.63, 3.8) is 0 Å². The molecule has 2 rings (SSSR count). The number of carbonyl (C=O) groups excluding carboxylic acids is 1. The number of phenols is 1. The van der Waals surface area contributed by atoms with Gasteiger partial charge in [0.1, 0.15) is 9.96 Å². The van der Waals surface area contributed by atoms with Gasteiger partial charge in [-0.25, -0.2) is 8.42 Å². The molecule has 1 amide bonds. The van der Waals surface area contributed by atoms with Crippen molar-refractivity contribution >= 4 is 32.2 Å². The molecule has 6 nitrogen and oxygen atoms in total. The van der Waals surface area contributed by atoms with Crippen LogP contribution in [0.4, 0.5) is 5.13 Å². The number of thiazole rings is 1. The summed E-state index contributed by atoms with van der Waals surface area (Å²) in [5.41, 5.74) is 0.0404. The summed E-state index contributed by atoms with van der Waals surface area (Å²) in [7, 11) is -3.36. The number of hydrogen-bond donors (Lipinski definition) is 1. The van der Waals surface area contributed by atoms with Crippen LogP contribution in [0.15, 0.2) is 34.7 Å². The fourth-order valence-corrected chi connectivity index (χ4v) is 2.87. The maximum atomic E-state index is 11.8. The van der Waals surface area contributed by atoms with Crippen LogP contribution < -0.4 is 29.6 Å². The summed E-state index contributed by atoms with van der Waals surface area (Å²) in [5, 5.41) is 13.2. The number of rotatable bonds is 3. The van der Waals surface area contributed by atoms with Gasteiger partial charge in [-0.2, -0.15) is 0 Å². The van der Waals surface area contributed by atoms with E-state index < -0.39 is 15.7 Å². The molecule has 0 fully saturated rings. The molecule has 1 aromatic carbocycles. The number of hydrogen-bond acceptors (Lipinski definition) is 6. The van der Waals surface area contributed by atoms with Crippen molar-refractivity contribution < 1.29 is 47.9 Å². The summed E-state index contributed by atoms with van der Waals surface area (Å²) >= 11 is 0.800. The zero-order valence-electron chi connectivity index (χ0n) is 10.8. The number of para-hydroxylation sites is 1. The fraction of sp³-hybridized carbons (Fsp3) is 0.0909. The molecule has 0 saturated carbocycles. The Morgan fingerprint density at radius 2 is 2.00 bits per heavy atom. The maximum absolute atomic E-state index is 11.8. The first-order valence-electron chi connectivity index (χ1n) is 5.08. The van der Waals surface area contributed by atoms with Crippen LogP contribution in [-0.2, 0) is 9.84 Å². The molecule has 2 aromatic rings. The van der Waals surface area contributed by atoms with E-state index in [1.165, 1.54) is 12.1 Å². The van der Waals surface area contributed by atoms with Crippen molar-refractivity contribution in [2.24, 2.45) is 0 Å². The molecule has 0 unspecified atom stereocenters. The van der Waals surface area contributed by atoms with Gasteiger partial charge in [0.15, 0.2) is 15.7 Å². The Kier molecular flexibility index (Phi) is 5.72. The van der Waals surface area contributed by atoms with Crippen LogP contribution in [0.25, 0.3) is 5.32 Å². The molecule has 100 valence electrons. The van der Waals surface area contributed by atoms with Crippen molar-refractivity contribution in [1.29, 1.82) is 0 Å². The molecule has 1 N–H and O–H groups in total. The van der Waals surface area contributed by atoms with Gasteiger partial charge in [0.2, 0.25) is 0 Å². The van der Waals surface area contributed by atoms with Crippen LogP contribution >= 0.6 is 11.3 Å². The van der Waals surface area contributed by atoms with E-state index in [1.54, 1.807) is 12.1 Å². The van der Waals surface area contributed by atoms with Gasteiger partial charge in [-0.15, -0.1) is 11.3 Å². The smallest absolute Gasteiger partial charge is 0.507 e. The Morgan fingerprint density at radius 3 is 2.55 bits per heavy atom. The van der Waals surface area contributed by atoms with Crippen molar-refractivity contribution in [2.45, 2.75) is 4.21 Å². The van der Waals surface area contributed by atoms with E-state index in [2.05, 4.69) is 10.3 Å². The monoisotopic (exact) mass is 320 g/mol. The summed E-state index contributed by atoms with van der Waals surface area (Å²) in [6.07, 6.45) is 2.20. The van der Waals surface area contributed by atoms with Gasteiger partial charge in [-0.05, 0) is 18.3 Å². The van der Waals surface area contributed by atoms with Gasteiger partial charge in [0, 0.05) is 11.4 Å². The molecule has 0 aliphatic carbocycles. The third-order valence-corrected chi connectivity index (χ3v) is 4.85. The van der Waals surface area contributed by atoms with Gasteiger partial charge in [0.05, 0.1) is 5.56 Å². The number of phenolic OH excluding ortho intramolecular Hbond substituents is 1. The molecule has 0 aliphatic rings. The summed E-state index contributed by atoms with van der Waals surface area (Å²) in [4.78, 5) is 15.5. The van der Waals surface area contributed by atoms with Gasteiger partial charge in [0.25, 0.3) is 0 Å². The molecule has 0 saturated heterocycles. The van der Waals surface area contributed by atoms with Crippen molar-refractivity contribution in [2.75, 3.05) is 6.26 Å². The van der Waals surface area contributed by atoms with Crippen LogP contribution in [0, 0.1) is 0 Å². The first-order valence-corrected chi connectivity index (χ1v) is 7.78. The van der Waals surface area contributed by atoms with E-state index >= 15 is 0 Å². The largest absolute Gasteiger partial charge is 1.00 e. The molecule has 20 heavy (non-hydrogen) atoms. The Morgan fingerprint density at radius 1 is 1.35 bits per heavy atom. The number of amides is 1. The second kappa shape index (κ2) is 6.68. The normalized spacial score (nSPS) is 10.7. The molecular formula is C11H9N2NaO4S2. The number of aromatic nitrogens is 1. The van der Waals surface area contributed by atoms with Gasteiger partial charge < -0.3 is 15.4 Å².